The molecule has 30 heavy (non-hydrogen) atoms. The van der Waals surface area contributed by atoms with Gasteiger partial charge in [0.2, 0.25) is 0 Å². The van der Waals surface area contributed by atoms with Crippen LogP contribution in [0.2, 0.25) is 31.4 Å². The summed E-state index contributed by atoms with van der Waals surface area (Å²) in [6.07, 6.45) is 13.1. The van der Waals surface area contributed by atoms with Gasteiger partial charge in [0, 0.05) is 0 Å². The Kier molecular flexibility index (Phi) is 10.1. The zero-order valence-electron chi connectivity index (χ0n) is 21.2. The van der Waals surface area contributed by atoms with E-state index in [4.69, 9.17) is 4.43 Å². The van der Waals surface area contributed by atoms with E-state index in [1.165, 1.54) is 56.3 Å². The van der Waals surface area contributed by atoms with Crippen LogP contribution in [0.3, 0.4) is 0 Å². The molecule has 4 heteroatoms. The molecule has 0 radical (unpaired) electrons. The molecule has 1 heterocycles. The molecule has 172 valence electrons. The second-order valence-corrected chi connectivity index (χ2v) is 31.0. The van der Waals surface area contributed by atoms with Crippen LogP contribution in [0.15, 0.2) is 12.1 Å². The van der Waals surface area contributed by atoms with E-state index >= 15 is 0 Å². The minimum absolute atomic E-state index is 0.247. The van der Waals surface area contributed by atoms with E-state index in [-0.39, 0.29) is 5.04 Å². The number of thiophene rings is 1. The van der Waals surface area contributed by atoms with E-state index in [9.17, 15) is 0 Å². The number of aryl methyl sites for hydroxylation is 1. The van der Waals surface area contributed by atoms with E-state index in [1.807, 2.05) is 2.89 Å². The first-order chi connectivity index (χ1) is 14.1. The average molecular weight is 556 g/mol. The Morgan fingerprint density at radius 1 is 0.967 bits per heavy atom. The van der Waals surface area contributed by atoms with Crippen molar-refractivity contribution in [1.29, 1.82) is 0 Å². The quantitative estimate of drug-likeness (QED) is 0.234. The summed E-state index contributed by atoms with van der Waals surface area (Å²) in [5.41, 5.74) is 1.48. The third kappa shape index (κ3) is 6.40. The van der Waals surface area contributed by atoms with Crippen molar-refractivity contribution in [3.05, 3.63) is 22.6 Å². The number of unbranched alkanes of at least 4 members (excludes halogenated alkanes) is 3. The molecule has 0 saturated heterocycles. The van der Waals surface area contributed by atoms with Gasteiger partial charge in [0.25, 0.3) is 0 Å². The van der Waals surface area contributed by atoms with Crippen molar-refractivity contribution in [2.75, 3.05) is 0 Å². The molecule has 1 aliphatic carbocycles. The molecule has 0 N–H and O–H groups in total. The first-order valence-electron chi connectivity index (χ1n) is 12.6. The third-order valence-electron chi connectivity index (χ3n) is 7.50. The van der Waals surface area contributed by atoms with Gasteiger partial charge < -0.3 is 0 Å². The van der Waals surface area contributed by atoms with Crippen LogP contribution in [0.25, 0.3) is 5.76 Å². The number of rotatable bonds is 12. The summed E-state index contributed by atoms with van der Waals surface area (Å²) in [4.78, 5) is 1.63. The molecule has 0 fully saturated rings. The predicted octanol–water partition coefficient (Wildman–Crippen LogP) is 9.11. The molecule has 0 amide bonds. The Hall–Kier alpha value is 0.256. The molecule has 1 aromatic heterocycles. The van der Waals surface area contributed by atoms with Crippen molar-refractivity contribution >= 4 is 46.7 Å². The second-order valence-electron chi connectivity index (χ2n) is 11.0. The van der Waals surface area contributed by atoms with Crippen molar-refractivity contribution in [3.8, 4) is 0 Å². The van der Waals surface area contributed by atoms with E-state index < -0.39 is 26.7 Å². The summed E-state index contributed by atoms with van der Waals surface area (Å²) < 4.78 is 13.4. The molecular formula is C26H48OSSiSn. The van der Waals surface area contributed by atoms with Crippen LogP contribution < -0.4 is 2.89 Å². The fraction of sp³-hybridized carbons (Fsp3) is 0.769. The van der Waals surface area contributed by atoms with Gasteiger partial charge in [-0.2, -0.15) is 0 Å². The normalized spacial score (nSPS) is 15.1. The molecule has 1 nitrogen and oxygen atoms in total. The number of allylic oxidation sites excluding steroid dienone is 1. The fourth-order valence-electron chi connectivity index (χ4n) is 4.34. The first-order valence-corrected chi connectivity index (χ1v) is 23.8. The van der Waals surface area contributed by atoms with Crippen molar-refractivity contribution in [3.63, 3.8) is 0 Å². The van der Waals surface area contributed by atoms with Crippen LogP contribution in [-0.2, 0) is 10.8 Å². The molecule has 0 atom stereocenters. The molecule has 0 aromatic carbocycles. The number of hydrogen-bond acceptors (Lipinski definition) is 2. The van der Waals surface area contributed by atoms with Crippen LogP contribution in [0.5, 0.6) is 0 Å². The summed E-state index contributed by atoms with van der Waals surface area (Å²) >= 11 is -0.135. The Labute approximate surface area is 197 Å². The average Bonchev–Trinajstić information content (AvgIpc) is 3.12. The summed E-state index contributed by atoms with van der Waals surface area (Å²) in [5, 5.41) is 0.247. The van der Waals surface area contributed by atoms with Crippen LogP contribution in [0.4, 0.5) is 0 Å². The molecular weight excluding hydrogens is 507 g/mol. The van der Waals surface area contributed by atoms with Gasteiger partial charge in [-0.15, -0.1) is 0 Å². The van der Waals surface area contributed by atoms with E-state index in [1.54, 1.807) is 18.2 Å². The van der Waals surface area contributed by atoms with Gasteiger partial charge in [-0.05, 0) is 0 Å². The van der Waals surface area contributed by atoms with Crippen LogP contribution >= 0.6 is 11.3 Å². The van der Waals surface area contributed by atoms with Crippen molar-refractivity contribution < 1.29 is 4.43 Å². The molecule has 1 aliphatic rings. The van der Waals surface area contributed by atoms with E-state index in [2.05, 4.69) is 78.1 Å². The van der Waals surface area contributed by atoms with Gasteiger partial charge in [-0.3, -0.25) is 0 Å². The maximum absolute atomic E-state index is 6.87. The van der Waals surface area contributed by atoms with Gasteiger partial charge in [-0.25, -0.2) is 0 Å². The number of fused-ring (bicyclic) bond motifs is 1. The van der Waals surface area contributed by atoms with Gasteiger partial charge in [0.05, 0.1) is 0 Å². The van der Waals surface area contributed by atoms with Gasteiger partial charge in [0.1, 0.15) is 0 Å². The molecule has 0 spiro atoms. The van der Waals surface area contributed by atoms with Crippen LogP contribution in [0.1, 0.15) is 96.9 Å². The zero-order valence-corrected chi connectivity index (χ0v) is 25.9. The molecule has 0 aliphatic heterocycles. The van der Waals surface area contributed by atoms with Gasteiger partial charge in [-0.1, -0.05) is 0 Å². The summed E-state index contributed by atoms with van der Waals surface area (Å²) in [5.74, 6) is 1.23. The molecule has 0 saturated carbocycles. The Morgan fingerprint density at radius 2 is 1.50 bits per heavy atom. The molecule has 0 bridgehead atoms. The monoisotopic (exact) mass is 556 g/mol. The summed E-state index contributed by atoms with van der Waals surface area (Å²) in [7, 11) is -1.81. The van der Waals surface area contributed by atoms with Crippen molar-refractivity contribution in [2.45, 2.75) is 124 Å². The van der Waals surface area contributed by atoms with Gasteiger partial charge in [0.15, 0.2) is 0 Å². The maximum atomic E-state index is 6.87. The Bertz CT molecular complexity index is 677. The first kappa shape index (κ1) is 26.5. The summed E-state index contributed by atoms with van der Waals surface area (Å²) in [6.45, 7) is 19.0. The molecule has 1 aromatic rings. The Balaban J connectivity index is 2.41. The molecule has 2 rings (SSSR count). The Morgan fingerprint density at radius 3 is 1.97 bits per heavy atom. The van der Waals surface area contributed by atoms with E-state index in [0.29, 0.717) is 0 Å². The van der Waals surface area contributed by atoms with Crippen LogP contribution in [-0.4, -0.2) is 26.7 Å². The standard InChI is InChI=1S/C14H21OSSi.3C4H9.Sn/c1-14(2,3)17(4,5)15-12-7-6-8-13-11(12)9-10-16-13;3*1-3-4-2;/h7,9H,6,8H2,1-5H3;3*1,3-4H2,2H3;. The predicted molar refractivity (Wildman–Crippen MR) is 143 cm³/mol. The fourth-order valence-corrected chi connectivity index (χ4v) is 25.9. The minimum atomic E-state index is -2.35. The summed E-state index contributed by atoms with van der Waals surface area (Å²) in [6, 6.07) is 2.66. The van der Waals surface area contributed by atoms with Crippen molar-refractivity contribution in [1.82, 2.24) is 0 Å². The molecule has 0 unspecified atom stereocenters. The van der Waals surface area contributed by atoms with Gasteiger partial charge >= 0.3 is 198 Å². The second kappa shape index (κ2) is 11.4. The SMILES string of the molecule is CCC[CH2][Sn]([CH2]CCC)([CH2]CCC)[c]1cc2c(s1)CCC=C2O[Si](C)(C)C(C)(C)C. The number of hydrogen-bond donors (Lipinski definition) is 0. The van der Waals surface area contributed by atoms with Crippen molar-refractivity contribution in [2.24, 2.45) is 0 Å². The van der Waals surface area contributed by atoms with E-state index in [0.717, 1.165) is 6.42 Å². The zero-order chi connectivity index (χ0) is 22.4. The van der Waals surface area contributed by atoms with Crippen LogP contribution in [0, 0.1) is 0 Å². The topological polar surface area (TPSA) is 9.23 Å². The third-order valence-corrected chi connectivity index (χ3v) is 31.2.